The average Bonchev–Trinajstić information content (AvgIpc) is 3.19. The number of halogens is 1. The second kappa shape index (κ2) is 8.53. The Balaban J connectivity index is 1.67. The Labute approximate surface area is 162 Å². The van der Waals surface area contributed by atoms with Crippen molar-refractivity contribution in [3.63, 3.8) is 0 Å². The molecule has 1 saturated heterocycles. The summed E-state index contributed by atoms with van der Waals surface area (Å²) in [6, 6.07) is -1.38. The molecule has 6 atom stereocenters. The quantitative estimate of drug-likeness (QED) is 0.261. The number of fused-ring (bicyclic) bond motifs is 1. The van der Waals surface area contributed by atoms with Crippen molar-refractivity contribution in [1.29, 1.82) is 0 Å². The Morgan fingerprint density at radius 2 is 2.21 bits per heavy atom. The van der Waals surface area contributed by atoms with Gasteiger partial charge in [-0.15, -0.1) is 4.48 Å². The first-order valence-corrected chi connectivity index (χ1v) is 10.4. The fourth-order valence-corrected chi connectivity index (χ4v) is 4.69. The Hall–Kier alpha value is -2.06. The van der Waals surface area contributed by atoms with Crippen LogP contribution >= 0.6 is 0 Å². The van der Waals surface area contributed by atoms with Gasteiger partial charge in [0.2, 0.25) is 0 Å². The summed E-state index contributed by atoms with van der Waals surface area (Å²) in [6.45, 7) is 0. The fourth-order valence-electron chi connectivity index (χ4n) is 3.05. The van der Waals surface area contributed by atoms with Crippen molar-refractivity contribution in [2.75, 3.05) is 23.5 Å². The minimum absolute atomic E-state index is 0.0373. The van der Waals surface area contributed by atoms with Gasteiger partial charge < -0.3 is 30.6 Å². The van der Waals surface area contributed by atoms with Gasteiger partial charge in [-0.25, -0.2) is 15.0 Å². The molecule has 0 aromatic carbocycles. The van der Waals surface area contributed by atoms with E-state index in [1.165, 1.54) is 22.8 Å². The zero-order valence-corrected chi connectivity index (χ0v) is 15.8. The summed E-state index contributed by atoms with van der Waals surface area (Å²) in [4.78, 5) is 22.8. The van der Waals surface area contributed by atoms with E-state index in [1.54, 1.807) is 0 Å². The molecule has 0 aliphatic carbocycles. The number of nitrogens with two attached hydrogens (primary N) is 1. The molecule has 1 unspecified atom stereocenters. The van der Waals surface area contributed by atoms with E-state index in [4.69, 9.17) is 10.5 Å². The first-order valence-electron chi connectivity index (χ1n) is 8.44. The van der Waals surface area contributed by atoms with Crippen LogP contribution in [0.3, 0.4) is 0 Å². The lowest BCUT2D eigenvalue weighted by molar-refractivity contribution is -0.309. The van der Waals surface area contributed by atoms with Crippen molar-refractivity contribution in [1.82, 2.24) is 25.1 Å². The van der Waals surface area contributed by atoms with Gasteiger partial charge in [0.1, 0.15) is 41.7 Å². The maximum atomic E-state index is 12.4. The smallest absolute Gasteiger partial charge is 0.167 e. The van der Waals surface area contributed by atoms with Gasteiger partial charge in [-0.05, 0) is 10.9 Å². The Morgan fingerprint density at radius 1 is 1.46 bits per heavy atom. The molecular weight excluding hydrogens is 395 g/mol. The predicted molar refractivity (Wildman–Crippen MR) is 96.3 cm³/mol. The molecular formula is C15H21FN6O5S. The van der Waals surface area contributed by atoms with Crippen LogP contribution in [0.4, 0.5) is 10.3 Å². The van der Waals surface area contributed by atoms with Crippen LogP contribution in [0.5, 0.6) is 0 Å². The molecule has 154 valence electrons. The third-order valence-electron chi connectivity index (χ3n) is 4.62. The third-order valence-corrected chi connectivity index (χ3v) is 6.45. The van der Waals surface area contributed by atoms with E-state index < -0.39 is 47.4 Å². The molecule has 11 nitrogen and oxygen atoms in total. The average molecular weight is 416 g/mol. The van der Waals surface area contributed by atoms with E-state index in [0.29, 0.717) is 22.7 Å². The van der Waals surface area contributed by atoms with Crippen molar-refractivity contribution in [2.24, 2.45) is 0 Å². The van der Waals surface area contributed by atoms with Gasteiger partial charge in [0.15, 0.2) is 17.7 Å². The number of ether oxygens (including phenoxy) is 1. The SMILES string of the molecule is C[S+](CC[C@H](NF)C(=O)[O-])C[C@H]1O[C@@H](n2cnc3c(N)ncnc32)[C@H](O)[C@@H]1O. The predicted octanol–water partition coefficient (Wildman–Crippen LogP) is -2.74. The van der Waals surface area contributed by atoms with Crippen molar-refractivity contribution < 1.29 is 29.3 Å². The van der Waals surface area contributed by atoms with Crippen molar-refractivity contribution in [2.45, 2.75) is 37.0 Å². The summed E-state index contributed by atoms with van der Waals surface area (Å²) in [5, 5.41) is 31.6. The summed E-state index contributed by atoms with van der Waals surface area (Å²) in [6.07, 6.45) is 0.566. The van der Waals surface area contributed by atoms with Crippen LogP contribution in [0.2, 0.25) is 0 Å². The molecule has 5 N–H and O–H groups in total. The normalized spacial score (nSPS) is 27.1. The van der Waals surface area contributed by atoms with Crippen LogP contribution in [0, 0.1) is 0 Å². The number of carboxylic acids is 1. The summed E-state index contributed by atoms with van der Waals surface area (Å²) >= 11 is 0. The van der Waals surface area contributed by atoms with Gasteiger partial charge >= 0.3 is 0 Å². The molecule has 1 aliphatic heterocycles. The fraction of sp³-hybridized carbons (Fsp3) is 0.600. The van der Waals surface area contributed by atoms with Crippen LogP contribution in [-0.2, 0) is 20.4 Å². The number of aromatic nitrogens is 4. The number of imidazole rings is 1. The van der Waals surface area contributed by atoms with Crippen LogP contribution in [0.15, 0.2) is 12.7 Å². The number of nitrogen functional groups attached to an aromatic ring is 1. The molecule has 3 heterocycles. The molecule has 1 aliphatic rings. The van der Waals surface area contributed by atoms with Crippen molar-refractivity contribution in [3.05, 3.63) is 12.7 Å². The number of aliphatic carboxylic acids is 1. The highest BCUT2D eigenvalue weighted by molar-refractivity contribution is 7.96. The van der Waals surface area contributed by atoms with E-state index in [9.17, 15) is 24.6 Å². The molecule has 13 heteroatoms. The molecule has 3 rings (SSSR count). The minimum Gasteiger partial charge on any atom is -0.548 e. The van der Waals surface area contributed by atoms with Crippen LogP contribution in [-0.4, -0.2) is 77.8 Å². The summed E-state index contributed by atoms with van der Waals surface area (Å²) in [7, 11) is -0.391. The lowest BCUT2D eigenvalue weighted by Gasteiger charge is -2.17. The lowest BCUT2D eigenvalue weighted by atomic mass is 10.1. The van der Waals surface area contributed by atoms with E-state index in [1.807, 2.05) is 6.26 Å². The summed E-state index contributed by atoms with van der Waals surface area (Å²) < 4.78 is 19.8. The van der Waals surface area contributed by atoms with Crippen LogP contribution in [0.25, 0.3) is 11.2 Å². The first-order chi connectivity index (χ1) is 13.3. The topological polar surface area (TPSA) is 171 Å². The van der Waals surface area contributed by atoms with E-state index >= 15 is 0 Å². The van der Waals surface area contributed by atoms with Crippen LogP contribution in [0.1, 0.15) is 12.6 Å². The van der Waals surface area contributed by atoms with E-state index in [0.717, 1.165) is 0 Å². The number of carboxylic acid groups (broad SMARTS) is 1. The third kappa shape index (κ3) is 4.03. The number of rotatable bonds is 8. The maximum absolute atomic E-state index is 12.4. The maximum Gasteiger partial charge on any atom is 0.167 e. The molecule has 1 fully saturated rings. The van der Waals surface area contributed by atoms with Gasteiger partial charge in [0.05, 0.1) is 24.6 Å². The molecule has 0 saturated carbocycles. The largest absolute Gasteiger partial charge is 0.548 e. The highest BCUT2D eigenvalue weighted by Gasteiger charge is 2.46. The Kier molecular flexibility index (Phi) is 6.30. The second-order valence-corrected chi connectivity index (χ2v) is 8.86. The molecule has 0 spiro atoms. The number of nitrogens with zero attached hydrogens (tertiary/aromatic N) is 4. The van der Waals surface area contributed by atoms with Crippen molar-refractivity contribution in [3.8, 4) is 0 Å². The zero-order valence-electron chi connectivity index (χ0n) is 14.9. The molecule has 28 heavy (non-hydrogen) atoms. The first kappa shape index (κ1) is 20.7. The van der Waals surface area contributed by atoms with E-state index in [2.05, 4.69) is 15.0 Å². The number of hydrogen-bond donors (Lipinski definition) is 4. The minimum atomic E-state index is -1.51. The van der Waals surface area contributed by atoms with Gasteiger partial charge in [-0.3, -0.25) is 4.57 Å². The molecule has 2 aromatic heterocycles. The summed E-state index contributed by atoms with van der Waals surface area (Å²) in [5.41, 5.74) is 7.69. The Morgan fingerprint density at radius 3 is 2.89 bits per heavy atom. The number of anilines is 1. The summed E-state index contributed by atoms with van der Waals surface area (Å²) in [5.74, 6) is -0.571. The second-order valence-electron chi connectivity index (χ2n) is 6.55. The zero-order chi connectivity index (χ0) is 20.4. The monoisotopic (exact) mass is 416 g/mol. The van der Waals surface area contributed by atoms with Gasteiger partial charge in [0.25, 0.3) is 0 Å². The molecule has 0 bridgehead atoms. The number of aliphatic hydroxyl groups excluding tert-OH is 2. The number of nitrogens with one attached hydrogen (secondary N) is 1. The molecule has 0 radical (unpaired) electrons. The lowest BCUT2D eigenvalue weighted by Crippen LogP contribution is -2.43. The van der Waals surface area contributed by atoms with Crippen LogP contribution < -0.4 is 16.4 Å². The standard InChI is InChI=1S/C15H21FN6O5S/c1-28(3-2-7(21-16)15(25)26)4-8-10(23)11(24)14(27-8)22-6-20-9-12(17)18-5-19-13(9)22/h5-8,10-11,14,21,23-24H,2-4H2,1H3,(H2-,17,18,19,25,26)/t7-,8+,10+,11+,14+,28?/m0/s1. The number of hydrogen-bond acceptors (Lipinski definition) is 10. The number of carbonyl (C=O) groups is 1. The number of carbonyl (C=O) groups excluding carboxylic acids is 1. The highest BCUT2D eigenvalue weighted by atomic mass is 32.2. The van der Waals surface area contributed by atoms with Gasteiger partial charge in [-0.1, -0.05) is 0 Å². The van der Waals surface area contributed by atoms with Crippen molar-refractivity contribution >= 4 is 33.8 Å². The number of aliphatic hydroxyl groups is 2. The Bertz CT molecular complexity index is 840. The molecule has 2 aromatic rings. The molecule has 0 amide bonds. The van der Waals surface area contributed by atoms with Gasteiger partial charge in [0, 0.05) is 6.42 Å². The van der Waals surface area contributed by atoms with Gasteiger partial charge in [-0.2, -0.15) is 5.54 Å². The highest BCUT2D eigenvalue weighted by Crippen LogP contribution is 2.32. The van der Waals surface area contributed by atoms with E-state index in [-0.39, 0.29) is 12.2 Å².